The number of benzene rings is 1. The van der Waals surface area contributed by atoms with E-state index in [1.54, 1.807) is 19.2 Å². The molecule has 0 aliphatic rings. The normalized spacial score (nSPS) is 11.2. The average Bonchev–Trinajstić information content (AvgIpc) is 2.87. The summed E-state index contributed by atoms with van der Waals surface area (Å²) >= 11 is 1.23. The SMILES string of the molecule is Cc1cc(C)c(OC(=O)NS(=O)(=O)c2ccsc2)c(C)c1. The summed E-state index contributed by atoms with van der Waals surface area (Å²) in [6.07, 6.45) is -1.02. The molecule has 1 aromatic heterocycles. The molecule has 0 unspecified atom stereocenters. The second kappa shape index (κ2) is 5.87. The number of amides is 1. The summed E-state index contributed by atoms with van der Waals surface area (Å²) in [5, 5.41) is 3.06. The fourth-order valence-corrected chi connectivity index (χ4v) is 3.92. The number of ether oxygens (including phenoxy) is 1. The van der Waals surface area contributed by atoms with Crippen LogP contribution in [0, 0.1) is 20.8 Å². The molecule has 1 N–H and O–H groups in total. The van der Waals surface area contributed by atoms with Crippen molar-refractivity contribution in [3.05, 3.63) is 45.6 Å². The molecule has 0 aliphatic carbocycles. The number of carbonyl (C=O) groups excluding carboxylic acids is 1. The summed E-state index contributed by atoms with van der Waals surface area (Å²) in [5.41, 5.74) is 2.59. The van der Waals surface area contributed by atoms with Gasteiger partial charge in [-0.1, -0.05) is 17.7 Å². The van der Waals surface area contributed by atoms with Gasteiger partial charge in [-0.05, 0) is 43.3 Å². The molecule has 5 nitrogen and oxygen atoms in total. The van der Waals surface area contributed by atoms with Crippen LogP contribution < -0.4 is 9.46 Å². The highest BCUT2D eigenvalue weighted by Gasteiger charge is 2.20. The van der Waals surface area contributed by atoms with E-state index < -0.39 is 16.1 Å². The van der Waals surface area contributed by atoms with Gasteiger partial charge in [-0.25, -0.2) is 17.9 Å². The van der Waals surface area contributed by atoms with Gasteiger partial charge in [-0.2, -0.15) is 11.3 Å². The Morgan fingerprint density at radius 3 is 2.33 bits per heavy atom. The molecular weight excluding hydrogens is 310 g/mol. The van der Waals surface area contributed by atoms with Crippen molar-refractivity contribution in [3.8, 4) is 5.75 Å². The molecule has 0 fully saturated rings. The third kappa shape index (κ3) is 3.62. The van der Waals surface area contributed by atoms with Crippen molar-refractivity contribution in [1.82, 2.24) is 4.72 Å². The van der Waals surface area contributed by atoms with E-state index in [-0.39, 0.29) is 4.90 Å². The molecule has 1 amide bonds. The van der Waals surface area contributed by atoms with Gasteiger partial charge in [0, 0.05) is 5.38 Å². The molecule has 112 valence electrons. The Labute approximate surface area is 127 Å². The minimum atomic E-state index is -3.88. The van der Waals surface area contributed by atoms with Gasteiger partial charge in [0.05, 0.1) is 4.90 Å². The molecule has 2 aromatic rings. The zero-order valence-corrected chi connectivity index (χ0v) is 13.5. The van der Waals surface area contributed by atoms with Gasteiger partial charge < -0.3 is 4.74 Å². The van der Waals surface area contributed by atoms with Gasteiger partial charge in [0.2, 0.25) is 0 Å². The molecule has 0 bridgehead atoms. The van der Waals surface area contributed by atoms with Crippen molar-refractivity contribution < 1.29 is 17.9 Å². The topological polar surface area (TPSA) is 72.5 Å². The summed E-state index contributed by atoms with van der Waals surface area (Å²) < 4.78 is 30.9. The van der Waals surface area contributed by atoms with Gasteiger partial charge in [-0.15, -0.1) is 0 Å². The van der Waals surface area contributed by atoms with Crippen LogP contribution in [0.4, 0.5) is 4.79 Å². The molecule has 1 aromatic carbocycles. The minimum Gasteiger partial charge on any atom is -0.409 e. The predicted molar refractivity (Wildman–Crippen MR) is 81.3 cm³/mol. The Bertz CT molecular complexity index is 741. The van der Waals surface area contributed by atoms with E-state index in [4.69, 9.17) is 4.74 Å². The van der Waals surface area contributed by atoms with Crippen LogP contribution >= 0.6 is 11.3 Å². The minimum absolute atomic E-state index is 0.0433. The Balaban J connectivity index is 2.17. The Hall–Kier alpha value is -1.86. The van der Waals surface area contributed by atoms with Gasteiger partial charge in [0.25, 0.3) is 10.0 Å². The lowest BCUT2D eigenvalue weighted by molar-refractivity contribution is 0.206. The van der Waals surface area contributed by atoms with Crippen molar-refractivity contribution >= 4 is 27.5 Å². The average molecular weight is 325 g/mol. The van der Waals surface area contributed by atoms with Crippen LogP contribution in [0.2, 0.25) is 0 Å². The number of aryl methyl sites for hydroxylation is 3. The Kier molecular flexibility index (Phi) is 4.34. The van der Waals surface area contributed by atoms with E-state index in [9.17, 15) is 13.2 Å². The first-order chi connectivity index (χ1) is 9.79. The van der Waals surface area contributed by atoms with E-state index in [2.05, 4.69) is 0 Å². The number of carbonyl (C=O) groups is 1. The highest BCUT2D eigenvalue weighted by atomic mass is 32.2. The third-order valence-corrected chi connectivity index (χ3v) is 4.96. The van der Waals surface area contributed by atoms with Crippen molar-refractivity contribution in [1.29, 1.82) is 0 Å². The van der Waals surface area contributed by atoms with Crippen LogP contribution in [0.1, 0.15) is 16.7 Å². The maximum absolute atomic E-state index is 11.9. The van der Waals surface area contributed by atoms with Gasteiger partial charge in [0.1, 0.15) is 5.75 Å². The van der Waals surface area contributed by atoms with E-state index in [1.165, 1.54) is 22.8 Å². The molecule has 21 heavy (non-hydrogen) atoms. The maximum atomic E-state index is 11.9. The van der Waals surface area contributed by atoms with Crippen molar-refractivity contribution in [2.45, 2.75) is 25.7 Å². The molecular formula is C14H15NO4S2. The zero-order valence-electron chi connectivity index (χ0n) is 11.8. The fourth-order valence-electron chi connectivity index (χ4n) is 2.01. The monoisotopic (exact) mass is 325 g/mol. The number of hydrogen-bond donors (Lipinski definition) is 1. The van der Waals surface area contributed by atoms with Gasteiger partial charge in [0.15, 0.2) is 0 Å². The van der Waals surface area contributed by atoms with Crippen LogP contribution in [0.25, 0.3) is 0 Å². The summed E-state index contributed by atoms with van der Waals surface area (Å²) in [7, 11) is -3.88. The molecule has 0 saturated carbocycles. The molecule has 0 radical (unpaired) electrons. The number of rotatable bonds is 3. The summed E-state index contributed by atoms with van der Waals surface area (Å²) in [5.74, 6) is 0.374. The van der Waals surface area contributed by atoms with E-state index in [1.807, 2.05) is 23.8 Å². The quantitative estimate of drug-likeness (QED) is 0.941. The predicted octanol–water partition coefficient (Wildman–Crippen LogP) is 3.15. The number of sulfonamides is 1. The lowest BCUT2D eigenvalue weighted by Crippen LogP contribution is -2.33. The van der Waals surface area contributed by atoms with E-state index in [0.29, 0.717) is 5.75 Å². The van der Waals surface area contributed by atoms with Crippen LogP contribution in [0.3, 0.4) is 0 Å². The fraction of sp³-hybridized carbons (Fsp3) is 0.214. The summed E-state index contributed by atoms with van der Waals surface area (Å²) in [4.78, 5) is 11.8. The van der Waals surface area contributed by atoms with Crippen LogP contribution in [0.5, 0.6) is 5.75 Å². The van der Waals surface area contributed by atoms with Crippen molar-refractivity contribution in [2.75, 3.05) is 0 Å². The summed E-state index contributed by atoms with van der Waals surface area (Å²) in [6.45, 7) is 5.54. The van der Waals surface area contributed by atoms with Gasteiger partial charge in [-0.3, -0.25) is 0 Å². The summed E-state index contributed by atoms with van der Waals surface area (Å²) in [6, 6.07) is 5.15. The molecule has 0 saturated heterocycles. The first-order valence-corrected chi connectivity index (χ1v) is 8.57. The largest absolute Gasteiger partial charge is 0.426 e. The van der Waals surface area contributed by atoms with Crippen LogP contribution in [-0.4, -0.2) is 14.5 Å². The lowest BCUT2D eigenvalue weighted by Gasteiger charge is -2.12. The second-order valence-corrected chi connectivity index (χ2v) is 7.14. The second-order valence-electron chi connectivity index (χ2n) is 4.68. The highest BCUT2D eigenvalue weighted by molar-refractivity contribution is 7.90. The van der Waals surface area contributed by atoms with E-state index >= 15 is 0 Å². The molecule has 0 spiro atoms. The molecule has 2 rings (SSSR count). The molecule has 1 heterocycles. The smallest absolute Gasteiger partial charge is 0.409 e. The Morgan fingerprint density at radius 1 is 1.19 bits per heavy atom. The number of thiophene rings is 1. The van der Waals surface area contributed by atoms with Crippen molar-refractivity contribution in [2.24, 2.45) is 0 Å². The molecule has 7 heteroatoms. The molecule has 0 aliphatic heterocycles. The number of hydrogen-bond acceptors (Lipinski definition) is 5. The van der Waals surface area contributed by atoms with Gasteiger partial charge >= 0.3 is 6.09 Å². The first-order valence-electron chi connectivity index (χ1n) is 6.14. The third-order valence-electron chi connectivity index (χ3n) is 2.82. The van der Waals surface area contributed by atoms with Crippen LogP contribution in [0.15, 0.2) is 33.9 Å². The first kappa shape index (κ1) is 15.5. The Morgan fingerprint density at radius 2 is 1.81 bits per heavy atom. The van der Waals surface area contributed by atoms with Crippen molar-refractivity contribution in [3.63, 3.8) is 0 Å². The number of nitrogens with one attached hydrogen (secondary N) is 1. The van der Waals surface area contributed by atoms with Crippen LogP contribution in [-0.2, 0) is 10.0 Å². The highest BCUT2D eigenvalue weighted by Crippen LogP contribution is 2.24. The lowest BCUT2D eigenvalue weighted by atomic mass is 10.1. The van der Waals surface area contributed by atoms with E-state index in [0.717, 1.165) is 16.7 Å². The standard InChI is InChI=1S/C14H15NO4S2/c1-9-6-10(2)13(11(3)7-9)19-14(16)15-21(17,18)12-4-5-20-8-12/h4-8H,1-3H3,(H,15,16). The zero-order chi connectivity index (χ0) is 15.6. The maximum Gasteiger partial charge on any atom is 0.426 e. The molecule has 0 atom stereocenters.